The van der Waals surface area contributed by atoms with Crippen LogP contribution in [-0.2, 0) is 17.6 Å². The Morgan fingerprint density at radius 3 is 2.78 bits per heavy atom. The molecule has 1 unspecified atom stereocenters. The lowest BCUT2D eigenvalue weighted by Gasteiger charge is -2.61. The molecule has 0 saturated carbocycles. The van der Waals surface area contributed by atoms with Crippen LogP contribution in [-0.4, -0.2) is 64.4 Å². The van der Waals surface area contributed by atoms with E-state index in [9.17, 15) is 4.79 Å². The number of piperidine rings is 1. The molecule has 3 aliphatic rings. The smallest absolute Gasteiger partial charge is 0.219 e. The second-order valence-corrected chi connectivity index (χ2v) is 9.54. The van der Waals surface area contributed by atoms with Gasteiger partial charge in [0, 0.05) is 42.4 Å². The molecule has 2 aromatic rings. The van der Waals surface area contributed by atoms with E-state index in [1.54, 1.807) is 13.3 Å². The van der Waals surface area contributed by atoms with E-state index >= 15 is 0 Å². The number of fused-ring (bicyclic) bond motifs is 5. The minimum atomic E-state index is 0.221. The highest BCUT2D eigenvalue weighted by Gasteiger charge is 2.54. The topological polar surface area (TPSA) is 61.4 Å². The average molecular weight is 386 g/mol. The van der Waals surface area contributed by atoms with E-state index in [1.165, 1.54) is 28.7 Å². The fourth-order valence-corrected chi connectivity index (χ4v) is 6.71. The summed E-state index contributed by atoms with van der Waals surface area (Å²) in [7, 11) is 4.30. The van der Waals surface area contributed by atoms with Crippen LogP contribution in [0.4, 0.5) is 5.82 Å². The maximum Gasteiger partial charge on any atom is 0.219 e. The summed E-state index contributed by atoms with van der Waals surface area (Å²) in [5, 5.41) is 4.89. The molecule has 2 bridgehead atoms. The van der Waals surface area contributed by atoms with Crippen LogP contribution < -0.4 is 5.32 Å². The third kappa shape index (κ3) is 2.66. The number of aromatic nitrogens is 2. The van der Waals surface area contributed by atoms with Gasteiger partial charge >= 0.3 is 0 Å². The van der Waals surface area contributed by atoms with Gasteiger partial charge in [-0.05, 0) is 51.8 Å². The Labute approximate surface area is 164 Å². The molecule has 0 aromatic carbocycles. The van der Waals surface area contributed by atoms with Crippen molar-refractivity contribution in [1.29, 1.82) is 0 Å². The number of anilines is 1. The first-order chi connectivity index (χ1) is 13.0. The van der Waals surface area contributed by atoms with Crippen molar-refractivity contribution in [3.05, 3.63) is 16.8 Å². The van der Waals surface area contributed by atoms with Gasteiger partial charge in [0.25, 0.3) is 0 Å². The number of carbonyl (C=O) groups is 1. The zero-order valence-electron chi connectivity index (χ0n) is 16.2. The molecule has 1 amide bonds. The van der Waals surface area contributed by atoms with Gasteiger partial charge < -0.3 is 15.1 Å². The molecule has 5 rings (SSSR count). The molecule has 4 heterocycles. The lowest BCUT2D eigenvalue weighted by atomic mass is 9.67. The predicted octanol–water partition coefficient (Wildman–Crippen LogP) is 2.53. The minimum Gasteiger partial charge on any atom is -0.369 e. The normalized spacial score (nSPS) is 29.1. The SMILES string of the molecule is CC(=O)N1[C@@H]2C[C@@H](N(C)C)C[C@H]1C2CNc1ncnc2sc3c(c12)CCC3. The van der Waals surface area contributed by atoms with Gasteiger partial charge in [0.15, 0.2) is 0 Å². The second kappa shape index (κ2) is 6.41. The summed E-state index contributed by atoms with van der Waals surface area (Å²) in [5.74, 6) is 1.73. The van der Waals surface area contributed by atoms with Gasteiger partial charge in [-0.25, -0.2) is 9.97 Å². The number of hydrogen-bond acceptors (Lipinski definition) is 6. The van der Waals surface area contributed by atoms with Gasteiger partial charge in [0.2, 0.25) is 5.91 Å². The fourth-order valence-electron chi connectivity index (χ4n) is 5.48. The third-order valence-electron chi connectivity index (χ3n) is 6.83. The van der Waals surface area contributed by atoms with Crippen LogP contribution in [0.2, 0.25) is 0 Å². The first-order valence-electron chi connectivity index (χ1n) is 9.99. The molecule has 1 aliphatic carbocycles. The van der Waals surface area contributed by atoms with Crippen LogP contribution in [0.1, 0.15) is 36.6 Å². The number of amides is 1. The van der Waals surface area contributed by atoms with E-state index in [4.69, 9.17) is 0 Å². The molecule has 6 nitrogen and oxygen atoms in total. The van der Waals surface area contributed by atoms with Crippen LogP contribution in [0.15, 0.2) is 6.33 Å². The monoisotopic (exact) mass is 385 g/mol. The highest BCUT2D eigenvalue weighted by Crippen LogP contribution is 2.45. The average Bonchev–Trinajstić information content (AvgIpc) is 3.22. The lowest BCUT2D eigenvalue weighted by Crippen LogP contribution is -2.72. The Balaban J connectivity index is 1.35. The highest BCUT2D eigenvalue weighted by atomic mass is 32.1. The molecular weight excluding hydrogens is 358 g/mol. The van der Waals surface area contributed by atoms with E-state index in [2.05, 4.69) is 39.2 Å². The summed E-state index contributed by atoms with van der Waals surface area (Å²) in [4.78, 5) is 28.2. The first-order valence-corrected chi connectivity index (χ1v) is 10.8. The van der Waals surface area contributed by atoms with E-state index in [1.807, 2.05) is 11.3 Å². The number of hydrogen-bond donors (Lipinski definition) is 1. The van der Waals surface area contributed by atoms with Crippen LogP contribution in [0, 0.1) is 5.92 Å². The van der Waals surface area contributed by atoms with E-state index < -0.39 is 0 Å². The number of rotatable bonds is 4. The van der Waals surface area contributed by atoms with Crippen molar-refractivity contribution >= 4 is 33.3 Å². The molecule has 7 heteroatoms. The van der Waals surface area contributed by atoms with Gasteiger partial charge in [-0.3, -0.25) is 4.79 Å². The summed E-state index contributed by atoms with van der Waals surface area (Å²) in [5.41, 5.74) is 1.46. The Morgan fingerprint density at radius 2 is 2.07 bits per heavy atom. The first kappa shape index (κ1) is 17.4. The van der Waals surface area contributed by atoms with Gasteiger partial charge in [-0.1, -0.05) is 0 Å². The standard InChI is InChI=1S/C20H27N5OS/c1-11(26)25-15-7-12(24(2)3)8-16(25)14(15)9-21-19-18-13-5-4-6-17(13)27-20(18)23-10-22-19/h10,12,14-16H,4-9H2,1-3H3,(H,21,22,23)/t12-,14?,15-,16+. The molecule has 2 saturated heterocycles. The van der Waals surface area contributed by atoms with Crippen molar-refractivity contribution in [3.8, 4) is 0 Å². The van der Waals surface area contributed by atoms with Gasteiger partial charge in [-0.15, -0.1) is 11.3 Å². The summed E-state index contributed by atoms with van der Waals surface area (Å²) < 4.78 is 0. The highest BCUT2D eigenvalue weighted by molar-refractivity contribution is 7.19. The van der Waals surface area contributed by atoms with Crippen molar-refractivity contribution in [2.45, 2.75) is 57.2 Å². The molecule has 0 radical (unpaired) electrons. The van der Waals surface area contributed by atoms with Crippen molar-refractivity contribution in [2.75, 3.05) is 26.0 Å². The Hall–Kier alpha value is -1.73. The summed E-state index contributed by atoms with van der Waals surface area (Å²) >= 11 is 1.83. The van der Waals surface area contributed by atoms with Crippen LogP contribution in [0.25, 0.3) is 10.2 Å². The number of nitrogens with zero attached hydrogens (tertiary/aromatic N) is 4. The number of nitrogens with one attached hydrogen (secondary N) is 1. The van der Waals surface area contributed by atoms with Crippen molar-refractivity contribution in [3.63, 3.8) is 0 Å². The quantitative estimate of drug-likeness (QED) is 0.876. The van der Waals surface area contributed by atoms with Crippen LogP contribution in [0.3, 0.4) is 0 Å². The third-order valence-corrected chi connectivity index (χ3v) is 8.03. The maximum absolute atomic E-state index is 12.1. The van der Waals surface area contributed by atoms with Crippen molar-refractivity contribution in [1.82, 2.24) is 19.8 Å². The maximum atomic E-state index is 12.1. The number of aryl methyl sites for hydroxylation is 2. The zero-order valence-corrected chi connectivity index (χ0v) is 17.1. The summed E-state index contributed by atoms with van der Waals surface area (Å²) in [6.07, 6.45) is 7.40. The van der Waals surface area contributed by atoms with E-state index in [0.717, 1.165) is 36.5 Å². The Kier molecular flexibility index (Phi) is 4.13. The van der Waals surface area contributed by atoms with Crippen LogP contribution in [0.5, 0.6) is 0 Å². The van der Waals surface area contributed by atoms with Crippen LogP contribution >= 0.6 is 11.3 Å². The fraction of sp³-hybridized carbons (Fsp3) is 0.650. The van der Waals surface area contributed by atoms with Crippen molar-refractivity contribution < 1.29 is 4.79 Å². The summed E-state index contributed by atoms with van der Waals surface area (Å²) in [6.45, 7) is 2.60. The molecule has 27 heavy (non-hydrogen) atoms. The van der Waals surface area contributed by atoms with Gasteiger partial charge in [-0.2, -0.15) is 0 Å². The molecule has 1 N–H and O–H groups in total. The van der Waals surface area contributed by atoms with E-state index in [0.29, 0.717) is 24.0 Å². The Bertz CT molecular complexity index is 880. The predicted molar refractivity (Wildman–Crippen MR) is 108 cm³/mol. The van der Waals surface area contributed by atoms with Crippen molar-refractivity contribution in [2.24, 2.45) is 5.92 Å². The van der Waals surface area contributed by atoms with Gasteiger partial charge in [0.05, 0.1) is 5.39 Å². The minimum absolute atomic E-state index is 0.221. The molecule has 0 spiro atoms. The molecule has 4 atom stereocenters. The summed E-state index contributed by atoms with van der Waals surface area (Å²) in [6, 6.07) is 1.29. The lowest BCUT2D eigenvalue weighted by molar-refractivity contribution is -0.162. The zero-order chi connectivity index (χ0) is 18.7. The molecular formula is C20H27N5OS. The number of thiophene rings is 1. The molecule has 144 valence electrons. The molecule has 2 fully saturated rings. The molecule has 2 aromatic heterocycles. The largest absolute Gasteiger partial charge is 0.369 e. The van der Waals surface area contributed by atoms with E-state index in [-0.39, 0.29) is 5.91 Å². The molecule has 2 aliphatic heterocycles. The second-order valence-electron chi connectivity index (χ2n) is 8.45. The number of carbonyl (C=O) groups excluding carboxylic acids is 1. The van der Waals surface area contributed by atoms with Gasteiger partial charge in [0.1, 0.15) is 17.0 Å². The Morgan fingerprint density at radius 1 is 1.30 bits per heavy atom.